The van der Waals surface area contributed by atoms with E-state index in [1.807, 2.05) is 51.4 Å². The lowest BCUT2D eigenvalue weighted by molar-refractivity contribution is -0.113. The number of carbonyl (C=O) groups is 2. The van der Waals surface area contributed by atoms with Gasteiger partial charge in [0.15, 0.2) is 5.82 Å². The van der Waals surface area contributed by atoms with Crippen LogP contribution in [0.4, 0.5) is 5.69 Å². The van der Waals surface area contributed by atoms with E-state index in [0.717, 1.165) is 4.88 Å². The highest BCUT2D eigenvalue weighted by Crippen LogP contribution is 2.27. The number of rotatable bonds is 8. The first kappa shape index (κ1) is 20.9. The third-order valence-corrected chi connectivity index (χ3v) is 5.97. The largest absolute Gasteiger partial charge is 0.462 e. The number of thiophene rings is 1. The number of nitrogens with one attached hydrogen (secondary N) is 1. The molecule has 0 aliphatic carbocycles. The minimum absolute atomic E-state index is 0.156. The Labute approximate surface area is 186 Å². The first-order valence-electron chi connectivity index (χ1n) is 9.48. The van der Waals surface area contributed by atoms with Crippen LogP contribution in [0.2, 0.25) is 0 Å². The standard InChI is InChI=1S/C21H19N5O3S2/c1-2-29-20(28)15-7-9-16(10-8-15)22-18(27)14-31-21-24-23-19(17-6-5-13-30-17)26(21)25-11-3-4-12-25/h3-13H,2,14H2,1H3,(H,22,27). The Morgan fingerprint density at radius 3 is 2.55 bits per heavy atom. The fourth-order valence-electron chi connectivity index (χ4n) is 2.81. The maximum Gasteiger partial charge on any atom is 0.338 e. The van der Waals surface area contributed by atoms with Crippen molar-refractivity contribution in [3.8, 4) is 10.7 Å². The predicted molar refractivity (Wildman–Crippen MR) is 120 cm³/mol. The number of thioether (sulfide) groups is 1. The summed E-state index contributed by atoms with van der Waals surface area (Å²) in [6.45, 7) is 2.07. The molecule has 8 nitrogen and oxygen atoms in total. The highest BCUT2D eigenvalue weighted by atomic mass is 32.2. The van der Waals surface area contributed by atoms with E-state index < -0.39 is 0 Å². The zero-order chi connectivity index (χ0) is 21.6. The van der Waals surface area contributed by atoms with Crippen molar-refractivity contribution in [1.82, 2.24) is 19.5 Å². The van der Waals surface area contributed by atoms with Gasteiger partial charge in [0.05, 0.1) is 22.8 Å². The first-order chi connectivity index (χ1) is 15.2. The molecule has 3 heterocycles. The normalized spacial score (nSPS) is 10.7. The molecule has 158 valence electrons. The molecule has 4 rings (SSSR count). The van der Waals surface area contributed by atoms with Gasteiger partial charge < -0.3 is 10.1 Å². The van der Waals surface area contributed by atoms with Gasteiger partial charge in [-0.3, -0.25) is 9.47 Å². The summed E-state index contributed by atoms with van der Waals surface area (Å²) in [5.41, 5.74) is 1.04. The molecule has 0 fully saturated rings. The zero-order valence-corrected chi connectivity index (χ0v) is 18.2. The van der Waals surface area contributed by atoms with Crippen molar-refractivity contribution >= 4 is 40.7 Å². The van der Waals surface area contributed by atoms with Crippen molar-refractivity contribution in [1.29, 1.82) is 0 Å². The van der Waals surface area contributed by atoms with E-state index in [9.17, 15) is 9.59 Å². The molecule has 1 N–H and O–H groups in total. The Morgan fingerprint density at radius 1 is 1.10 bits per heavy atom. The molecule has 0 radical (unpaired) electrons. The number of aromatic nitrogens is 4. The molecule has 31 heavy (non-hydrogen) atoms. The van der Waals surface area contributed by atoms with E-state index in [2.05, 4.69) is 15.5 Å². The molecule has 0 aliphatic heterocycles. The highest BCUT2D eigenvalue weighted by Gasteiger charge is 2.17. The summed E-state index contributed by atoms with van der Waals surface area (Å²) in [7, 11) is 0. The van der Waals surface area contributed by atoms with E-state index in [1.165, 1.54) is 11.8 Å². The highest BCUT2D eigenvalue weighted by molar-refractivity contribution is 7.99. The Balaban J connectivity index is 1.44. The lowest BCUT2D eigenvalue weighted by Gasteiger charge is -2.10. The molecule has 0 saturated heterocycles. The van der Waals surface area contributed by atoms with Gasteiger partial charge >= 0.3 is 5.97 Å². The summed E-state index contributed by atoms with van der Waals surface area (Å²) >= 11 is 2.87. The van der Waals surface area contributed by atoms with Crippen molar-refractivity contribution in [2.75, 3.05) is 17.7 Å². The molecule has 4 aromatic rings. The Bertz CT molecular complexity index is 1150. The van der Waals surface area contributed by atoms with Crippen molar-refractivity contribution in [3.63, 3.8) is 0 Å². The maximum atomic E-state index is 12.5. The van der Waals surface area contributed by atoms with Crippen LogP contribution in [0.15, 0.2) is 71.5 Å². The SMILES string of the molecule is CCOC(=O)c1ccc(NC(=O)CSc2nnc(-c3cccs3)n2-n2cccc2)cc1. The van der Waals surface area contributed by atoms with Gasteiger partial charge in [0, 0.05) is 18.1 Å². The molecule has 0 bridgehead atoms. The van der Waals surface area contributed by atoms with Gasteiger partial charge in [0.1, 0.15) is 0 Å². The quantitative estimate of drug-likeness (QED) is 0.320. The fraction of sp³-hybridized carbons (Fsp3) is 0.143. The second-order valence-corrected chi connectivity index (χ2v) is 8.18. The van der Waals surface area contributed by atoms with Crippen LogP contribution >= 0.6 is 23.1 Å². The van der Waals surface area contributed by atoms with Crippen LogP contribution in [0.5, 0.6) is 0 Å². The number of nitrogens with zero attached hydrogens (tertiary/aromatic N) is 4. The Kier molecular flexibility index (Phi) is 6.48. The molecule has 0 atom stereocenters. The van der Waals surface area contributed by atoms with Crippen LogP contribution in [-0.2, 0) is 9.53 Å². The van der Waals surface area contributed by atoms with Crippen molar-refractivity contribution in [2.45, 2.75) is 12.1 Å². The third kappa shape index (κ3) is 4.86. The first-order valence-corrected chi connectivity index (χ1v) is 11.3. The Hall–Kier alpha value is -3.37. The monoisotopic (exact) mass is 453 g/mol. The number of esters is 1. The molecule has 1 aromatic carbocycles. The number of ether oxygens (including phenoxy) is 1. The van der Waals surface area contributed by atoms with E-state index >= 15 is 0 Å². The number of anilines is 1. The number of hydrogen-bond donors (Lipinski definition) is 1. The van der Waals surface area contributed by atoms with Gasteiger partial charge in [0.25, 0.3) is 0 Å². The lowest BCUT2D eigenvalue weighted by atomic mass is 10.2. The van der Waals surface area contributed by atoms with Crippen molar-refractivity contribution < 1.29 is 14.3 Å². The molecular formula is C21H19N5O3S2. The smallest absolute Gasteiger partial charge is 0.338 e. The van der Waals surface area contributed by atoms with Gasteiger partial charge in [-0.2, -0.15) is 0 Å². The van der Waals surface area contributed by atoms with E-state index in [-0.39, 0.29) is 17.6 Å². The number of amides is 1. The zero-order valence-electron chi connectivity index (χ0n) is 16.6. The lowest BCUT2D eigenvalue weighted by Crippen LogP contribution is -2.16. The Morgan fingerprint density at radius 2 is 1.87 bits per heavy atom. The van der Waals surface area contributed by atoms with Gasteiger partial charge in [-0.25, -0.2) is 9.47 Å². The molecule has 0 spiro atoms. The minimum atomic E-state index is -0.387. The summed E-state index contributed by atoms with van der Waals surface area (Å²) in [4.78, 5) is 25.2. The van der Waals surface area contributed by atoms with Crippen LogP contribution in [0.3, 0.4) is 0 Å². The number of hydrogen-bond acceptors (Lipinski definition) is 7. The number of benzene rings is 1. The number of carbonyl (C=O) groups excluding carboxylic acids is 2. The molecule has 1 amide bonds. The average molecular weight is 454 g/mol. The van der Waals surface area contributed by atoms with Crippen LogP contribution < -0.4 is 5.32 Å². The van der Waals surface area contributed by atoms with Gasteiger partial charge in [0.2, 0.25) is 11.1 Å². The molecule has 0 aliphatic rings. The topological polar surface area (TPSA) is 91.0 Å². The molecule has 0 unspecified atom stereocenters. The summed E-state index contributed by atoms with van der Waals surface area (Å²) in [5.74, 6) is 0.294. The van der Waals surface area contributed by atoms with Crippen LogP contribution in [-0.4, -0.2) is 43.8 Å². The van der Waals surface area contributed by atoms with Crippen LogP contribution in [0, 0.1) is 0 Å². The van der Waals surface area contributed by atoms with Gasteiger partial charge in [-0.05, 0) is 54.8 Å². The van der Waals surface area contributed by atoms with E-state index in [0.29, 0.717) is 28.8 Å². The molecule has 3 aromatic heterocycles. The molecule has 0 saturated carbocycles. The van der Waals surface area contributed by atoms with Gasteiger partial charge in [-0.1, -0.05) is 17.8 Å². The second-order valence-electron chi connectivity index (χ2n) is 6.29. The summed E-state index contributed by atoms with van der Waals surface area (Å²) in [6.07, 6.45) is 3.80. The van der Waals surface area contributed by atoms with E-state index in [4.69, 9.17) is 4.74 Å². The summed E-state index contributed by atoms with van der Waals surface area (Å²) < 4.78 is 8.71. The van der Waals surface area contributed by atoms with Crippen molar-refractivity contribution in [2.24, 2.45) is 0 Å². The maximum absolute atomic E-state index is 12.5. The molecule has 10 heteroatoms. The fourth-order valence-corrected chi connectivity index (χ4v) is 4.24. The summed E-state index contributed by atoms with van der Waals surface area (Å²) in [5, 5.41) is 14.0. The van der Waals surface area contributed by atoms with Crippen LogP contribution in [0.25, 0.3) is 10.7 Å². The summed E-state index contributed by atoms with van der Waals surface area (Å²) in [6, 6.07) is 14.4. The van der Waals surface area contributed by atoms with Gasteiger partial charge in [-0.15, -0.1) is 21.5 Å². The second kappa shape index (κ2) is 9.63. The van der Waals surface area contributed by atoms with Crippen LogP contribution in [0.1, 0.15) is 17.3 Å². The van der Waals surface area contributed by atoms with Crippen molar-refractivity contribution in [3.05, 3.63) is 71.9 Å². The average Bonchev–Trinajstić information content (AvgIpc) is 3.54. The predicted octanol–water partition coefficient (Wildman–Crippen LogP) is 4.03. The molecular weight excluding hydrogens is 434 g/mol. The third-order valence-electron chi connectivity index (χ3n) is 4.19. The van der Waals surface area contributed by atoms with E-state index in [1.54, 1.807) is 42.5 Å². The minimum Gasteiger partial charge on any atom is -0.462 e.